The van der Waals surface area contributed by atoms with Crippen LogP contribution in [0, 0.1) is 0 Å². The van der Waals surface area contributed by atoms with Crippen molar-refractivity contribution in [3.8, 4) is 16.4 Å². The molecule has 1 aromatic carbocycles. The molecule has 1 fully saturated rings. The Labute approximate surface area is 190 Å². The third-order valence-electron chi connectivity index (χ3n) is 4.89. The third kappa shape index (κ3) is 6.11. The van der Waals surface area contributed by atoms with Crippen LogP contribution in [0.1, 0.15) is 10.5 Å². The zero-order valence-electron chi connectivity index (χ0n) is 17.2. The minimum atomic E-state index is -4.77. The number of rotatable bonds is 6. The van der Waals surface area contributed by atoms with E-state index in [1.165, 1.54) is 23.5 Å². The largest absolute Gasteiger partial charge is 0.573 e. The molecular weight excluding hydrogens is 461 g/mol. The van der Waals surface area contributed by atoms with Crippen LogP contribution in [0.15, 0.2) is 52.4 Å². The van der Waals surface area contributed by atoms with E-state index in [1.807, 2.05) is 22.4 Å². The number of carbonyl (C=O) groups is 2. The van der Waals surface area contributed by atoms with Gasteiger partial charge in [-0.15, -0.1) is 24.5 Å². The average Bonchev–Trinajstić information content (AvgIpc) is 3.46. The fraction of sp³-hybridized carbons (Fsp3) is 0.286. The molecule has 12 heteroatoms. The number of benzene rings is 1. The van der Waals surface area contributed by atoms with Crippen LogP contribution < -0.4 is 10.1 Å². The molecule has 33 heavy (non-hydrogen) atoms. The maximum atomic E-state index is 12.7. The summed E-state index contributed by atoms with van der Waals surface area (Å²) in [4.78, 5) is 29.4. The quantitative estimate of drug-likeness (QED) is 0.579. The number of halogens is 3. The van der Waals surface area contributed by atoms with Crippen LogP contribution in [-0.2, 0) is 4.79 Å². The molecule has 4 rings (SSSR count). The molecule has 2 aromatic heterocycles. The number of thiophene rings is 1. The van der Waals surface area contributed by atoms with E-state index in [4.69, 9.17) is 4.52 Å². The number of hydrogen-bond donors (Lipinski definition) is 1. The Kier molecular flexibility index (Phi) is 6.65. The highest BCUT2D eigenvalue weighted by Gasteiger charge is 2.31. The average molecular weight is 480 g/mol. The molecule has 0 aliphatic carbocycles. The summed E-state index contributed by atoms with van der Waals surface area (Å²) in [7, 11) is 0. The number of aromatic nitrogens is 1. The van der Waals surface area contributed by atoms with Gasteiger partial charge in [0.25, 0.3) is 5.91 Å². The monoisotopic (exact) mass is 480 g/mol. The van der Waals surface area contributed by atoms with Gasteiger partial charge in [0.15, 0.2) is 11.5 Å². The first-order valence-corrected chi connectivity index (χ1v) is 10.8. The lowest BCUT2D eigenvalue weighted by Gasteiger charge is -2.33. The van der Waals surface area contributed by atoms with Crippen molar-refractivity contribution in [2.75, 3.05) is 38.0 Å². The summed E-state index contributed by atoms with van der Waals surface area (Å²) >= 11 is 1.49. The van der Waals surface area contributed by atoms with Gasteiger partial charge in [-0.05, 0) is 35.7 Å². The van der Waals surface area contributed by atoms with Gasteiger partial charge in [-0.1, -0.05) is 11.2 Å². The molecule has 3 heterocycles. The van der Waals surface area contributed by atoms with Gasteiger partial charge in [0, 0.05) is 37.9 Å². The lowest BCUT2D eigenvalue weighted by Crippen LogP contribution is -2.50. The van der Waals surface area contributed by atoms with Crippen LogP contribution in [-0.4, -0.2) is 65.9 Å². The van der Waals surface area contributed by atoms with Crippen molar-refractivity contribution < 1.29 is 32.0 Å². The van der Waals surface area contributed by atoms with E-state index in [-0.39, 0.29) is 29.8 Å². The molecule has 1 aliphatic heterocycles. The second kappa shape index (κ2) is 9.63. The van der Waals surface area contributed by atoms with Crippen molar-refractivity contribution in [1.82, 2.24) is 15.0 Å². The fourth-order valence-electron chi connectivity index (χ4n) is 3.33. The standard InChI is InChI=1S/C21H19F3N4O4S/c22-21(23,24)31-15-5-3-14(4-6-15)25-19(29)13-27-7-9-28(10-8-27)20(30)16-12-17(32-26-16)18-2-1-11-33-18/h1-6,11-12H,7-10,13H2,(H,25,29). The SMILES string of the molecule is O=C(CN1CCN(C(=O)c2cc(-c3cccs3)on2)CC1)Nc1ccc(OC(F)(F)F)cc1. The van der Waals surface area contributed by atoms with Crippen molar-refractivity contribution >= 4 is 28.8 Å². The highest BCUT2D eigenvalue weighted by molar-refractivity contribution is 7.13. The number of carbonyl (C=O) groups excluding carboxylic acids is 2. The Morgan fingerprint density at radius 3 is 2.48 bits per heavy atom. The molecular formula is C21H19F3N4O4S. The third-order valence-corrected chi connectivity index (χ3v) is 5.78. The summed E-state index contributed by atoms with van der Waals surface area (Å²) in [5, 5.41) is 8.42. The summed E-state index contributed by atoms with van der Waals surface area (Å²) in [6.45, 7) is 1.93. The molecule has 0 saturated carbocycles. The number of anilines is 1. The fourth-order valence-corrected chi connectivity index (χ4v) is 4.00. The molecule has 8 nitrogen and oxygen atoms in total. The van der Waals surface area contributed by atoms with Gasteiger partial charge in [-0.3, -0.25) is 14.5 Å². The first kappa shape index (κ1) is 22.8. The van der Waals surface area contributed by atoms with Gasteiger partial charge in [0.05, 0.1) is 11.4 Å². The van der Waals surface area contributed by atoms with Crippen molar-refractivity contribution in [2.24, 2.45) is 0 Å². The topological polar surface area (TPSA) is 87.9 Å². The molecule has 0 atom stereocenters. The van der Waals surface area contributed by atoms with Gasteiger partial charge in [-0.2, -0.15) is 0 Å². The molecule has 1 N–H and O–H groups in total. The molecule has 1 saturated heterocycles. The van der Waals surface area contributed by atoms with Crippen molar-refractivity contribution in [3.05, 3.63) is 53.5 Å². The number of alkyl halides is 3. The van der Waals surface area contributed by atoms with Crippen LogP contribution >= 0.6 is 11.3 Å². The van der Waals surface area contributed by atoms with Crippen LogP contribution in [0.3, 0.4) is 0 Å². The van der Waals surface area contributed by atoms with E-state index >= 15 is 0 Å². The Balaban J connectivity index is 1.23. The van der Waals surface area contributed by atoms with Crippen molar-refractivity contribution in [3.63, 3.8) is 0 Å². The summed E-state index contributed by atoms with van der Waals surface area (Å²) < 4.78 is 45.7. The molecule has 1 aliphatic rings. The molecule has 0 radical (unpaired) electrons. The summed E-state index contributed by atoms with van der Waals surface area (Å²) in [6, 6.07) is 10.3. The second-order valence-electron chi connectivity index (χ2n) is 7.24. The summed E-state index contributed by atoms with van der Waals surface area (Å²) in [5.74, 6) is -0.360. The summed E-state index contributed by atoms with van der Waals surface area (Å²) in [6.07, 6.45) is -4.77. The first-order chi connectivity index (χ1) is 15.8. The molecule has 2 amide bonds. The van der Waals surface area contributed by atoms with Crippen LogP contribution in [0.25, 0.3) is 10.6 Å². The lowest BCUT2D eigenvalue weighted by molar-refractivity contribution is -0.274. The van der Waals surface area contributed by atoms with Gasteiger partial charge in [0.1, 0.15) is 5.75 Å². The van der Waals surface area contributed by atoms with Crippen molar-refractivity contribution in [1.29, 1.82) is 0 Å². The van der Waals surface area contributed by atoms with Crippen LogP contribution in [0.5, 0.6) is 5.75 Å². The van der Waals surface area contributed by atoms with Crippen molar-refractivity contribution in [2.45, 2.75) is 6.36 Å². The van der Waals surface area contributed by atoms with E-state index in [1.54, 1.807) is 11.0 Å². The zero-order chi connectivity index (χ0) is 23.4. The summed E-state index contributed by atoms with van der Waals surface area (Å²) in [5.41, 5.74) is 0.596. The number of hydrogen-bond acceptors (Lipinski definition) is 7. The van der Waals surface area contributed by atoms with Crippen LogP contribution in [0.2, 0.25) is 0 Å². The van der Waals surface area contributed by atoms with E-state index in [2.05, 4.69) is 15.2 Å². The highest BCUT2D eigenvalue weighted by Crippen LogP contribution is 2.26. The van der Waals surface area contributed by atoms with Gasteiger partial charge >= 0.3 is 6.36 Å². The predicted octanol–water partition coefficient (Wildman–Crippen LogP) is 3.70. The minimum absolute atomic E-state index is 0.0926. The Morgan fingerprint density at radius 2 is 1.85 bits per heavy atom. The maximum absolute atomic E-state index is 12.7. The highest BCUT2D eigenvalue weighted by atomic mass is 32.1. The molecule has 0 unspecified atom stereocenters. The van der Waals surface area contributed by atoms with E-state index in [9.17, 15) is 22.8 Å². The zero-order valence-corrected chi connectivity index (χ0v) is 18.0. The number of amides is 2. The molecule has 174 valence electrons. The Hall–Kier alpha value is -3.38. The number of piperazine rings is 1. The van der Waals surface area contributed by atoms with Gasteiger partial charge in [0.2, 0.25) is 5.91 Å². The van der Waals surface area contributed by atoms with E-state index < -0.39 is 6.36 Å². The van der Waals surface area contributed by atoms with E-state index in [0.717, 1.165) is 17.0 Å². The Bertz CT molecular complexity index is 1090. The second-order valence-corrected chi connectivity index (χ2v) is 8.19. The predicted molar refractivity (Wildman–Crippen MR) is 114 cm³/mol. The first-order valence-electron chi connectivity index (χ1n) is 9.95. The minimum Gasteiger partial charge on any atom is -0.406 e. The Morgan fingerprint density at radius 1 is 1.12 bits per heavy atom. The van der Waals surface area contributed by atoms with Gasteiger partial charge < -0.3 is 19.5 Å². The molecule has 0 bridgehead atoms. The van der Waals surface area contributed by atoms with Gasteiger partial charge in [-0.25, -0.2) is 0 Å². The molecule has 0 spiro atoms. The number of ether oxygens (including phenoxy) is 1. The molecule has 3 aromatic rings. The smallest absolute Gasteiger partial charge is 0.406 e. The number of nitrogens with one attached hydrogen (secondary N) is 1. The van der Waals surface area contributed by atoms with Crippen LogP contribution in [0.4, 0.5) is 18.9 Å². The lowest BCUT2D eigenvalue weighted by atomic mass is 10.2. The van der Waals surface area contributed by atoms with E-state index in [0.29, 0.717) is 37.6 Å². The normalized spacial score (nSPS) is 14.8. The maximum Gasteiger partial charge on any atom is 0.573 e. The number of nitrogens with zero attached hydrogens (tertiary/aromatic N) is 3.